The van der Waals surface area contributed by atoms with E-state index in [2.05, 4.69) is 53.3 Å². The summed E-state index contributed by atoms with van der Waals surface area (Å²) < 4.78 is 5.34. The molecule has 1 aliphatic rings. The van der Waals surface area contributed by atoms with Crippen molar-refractivity contribution < 1.29 is 0 Å². The molecule has 1 N–H and O–H groups in total. The fourth-order valence-electron chi connectivity index (χ4n) is 2.49. The van der Waals surface area contributed by atoms with Crippen LogP contribution in [0.5, 0.6) is 0 Å². The number of likely N-dealkylation sites (N-methyl/N-ethyl adjacent to an activating group) is 1. The standard InChI is InChI=1S/C11H10Br3N3O/c1-15-5-2-6-9(13)7(12)3-8-10(6)16(4-5)11(18)17(8)14/h3,5,15H,2,4H2,1H3/t5-/m1/s1. The Kier molecular flexibility index (Phi) is 3.20. The van der Waals surface area contributed by atoms with Crippen molar-refractivity contribution >= 4 is 59.0 Å². The molecule has 2 heterocycles. The first-order valence-electron chi connectivity index (χ1n) is 5.50. The maximum Gasteiger partial charge on any atom is 0.339 e. The third-order valence-electron chi connectivity index (χ3n) is 3.41. The number of benzene rings is 1. The van der Waals surface area contributed by atoms with Crippen LogP contribution in [0.2, 0.25) is 0 Å². The van der Waals surface area contributed by atoms with Gasteiger partial charge in [-0.3, -0.25) is 4.57 Å². The summed E-state index contributed by atoms with van der Waals surface area (Å²) in [4.78, 5) is 12.2. The van der Waals surface area contributed by atoms with Crippen molar-refractivity contribution in [1.29, 1.82) is 0 Å². The van der Waals surface area contributed by atoms with Crippen LogP contribution in [-0.4, -0.2) is 21.2 Å². The topological polar surface area (TPSA) is 39.0 Å². The summed E-state index contributed by atoms with van der Waals surface area (Å²) in [7, 11) is 1.93. The summed E-state index contributed by atoms with van der Waals surface area (Å²) in [5.74, 6) is 0. The molecule has 0 amide bonds. The van der Waals surface area contributed by atoms with Crippen molar-refractivity contribution in [1.82, 2.24) is 13.5 Å². The molecule has 18 heavy (non-hydrogen) atoms. The first-order chi connectivity index (χ1) is 8.54. The number of nitrogens with one attached hydrogen (secondary N) is 1. The minimum atomic E-state index is -0.0313. The number of hydrogen-bond donors (Lipinski definition) is 1. The molecule has 4 nitrogen and oxygen atoms in total. The number of nitrogens with zero attached hydrogens (tertiary/aromatic N) is 2. The summed E-state index contributed by atoms with van der Waals surface area (Å²) in [5.41, 5.74) is 3.05. The normalized spacial score (nSPS) is 18.6. The molecule has 96 valence electrons. The first-order valence-corrected chi connectivity index (χ1v) is 7.79. The van der Waals surface area contributed by atoms with Gasteiger partial charge in [0.05, 0.1) is 27.2 Å². The van der Waals surface area contributed by atoms with E-state index < -0.39 is 0 Å². The van der Waals surface area contributed by atoms with E-state index in [1.807, 2.05) is 17.7 Å². The van der Waals surface area contributed by atoms with Crippen molar-refractivity contribution in [2.45, 2.75) is 19.0 Å². The van der Waals surface area contributed by atoms with Crippen LogP contribution >= 0.6 is 48.0 Å². The van der Waals surface area contributed by atoms with Gasteiger partial charge in [-0.05, 0) is 57.0 Å². The lowest BCUT2D eigenvalue weighted by atomic mass is 10.0. The highest BCUT2D eigenvalue weighted by molar-refractivity contribution is 9.13. The minimum absolute atomic E-state index is 0.0313. The van der Waals surface area contributed by atoms with Gasteiger partial charge in [0.25, 0.3) is 0 Å². The molecule has 2 aromatic rings. The van der Waals surface area contributed by atoms with Crippen LogP contribution in [0.15, 0.2) is 19.8 Å². The molecule has 0 radical (unpaired) electrons. The monoisotopic (exact) mass is 437 g/mol. The highest BCUT2D eigenvalue weighted by atomic mass is 79.9. The van der Waals surface area contributed by atoms with Crippen LogP contribution in [0, 0.1) is 0 Å². The van der Waals surface area contributed by atoms with E-state index in [-0.39, 0.29) is 11.7 Å². The van der Waals surface area contributed by atoms with Crippen LogP contribution in [0.4, 0.5) is 0 Å². The van der Waals surface area contributed by atoms with E-state index in [0.717, 1.165) is 26.4 Å². The number of aromatic nitrogens is 2. The van der Waals surface area contributed by atoms with Gasteiger partial charge < -0.3 is 5.32 Å². The molecular weight excluding hydrogens is 430 g/mol. The van der Waals surface area contributed by atoms with E-state index >= 15 is 0 Å². The van der Waals surface area contributed by atoms with Crippen LogP contribution in [0.1, 0.15) is 5.56 Å². The van der Waals surface area contributed by atoms with Crippen LogP contribution < -0.4 is 11.0 Å². The summed E-state index contributed by atoms with van der Waals surface area (Å²) in [6.45, 7) is 0.700. The fourth-order valence-corrected chi connectivity index (χ4v) is 3.87. The Hall–Kier alpha value is -0.110. The minimum Gasteiger partial charge on any atom is -0.315 e. The Bertz CT molecular complexity index is 704. The molecule has 0 fully saturated rings. The Morgan fingerprint density at radius 1 is 1.44 bits per heavy atom. The number of halogens is 3. The van der Waals surface area contributed by atoms with Gasteiger partial charge in [-0.2, -0.15) is 0 Å². The molecule has 0 saturated carbocycles. The lowest BCUT2D eigenvalue weighted by Crippen LogP contribution is -2.38. The molecule has 1 aromatic heterocycles. The summed E-state index contributed by atoms with van der Waals surface area (Å²) in [6.07, 6.45) is 0.906. The van der Waals surface area contributed by atoms with Crippen molar-refractivity contribution in [3.63, 3.8) is 0 Å². The van der Waals surface area contributed by atoms with E-state index in [4.69, 9.17) is 0 Å². The smallest absolute Gasteiger partial charge is 0.315 e. The SMILES string of the molecule is CN[C@@H]1Cc2c(Br)c(Br)cc3c2n(c(=O)n3Br)C1. The zero-order valence-electron chi connectivity index (χ0n) is 9.51. The maximum absolute atomic E-state index is 12.2. The van der Waals surface area contributed by atoms with E-state index in [9.17, 15) is 4.79 Å². The highest BCUT2D eigenvalue weighted by Gasteiger charge is 2.26. The second kappa shape index (κ2) is 4.47. The largest absolute Gasteiger partial charge is 0.339 e. The third kappa shape index (κ3) is 1.67. The molecule has 0 spiro atoms. The lowest BCUT2D eigenvalue weighted by Gasteiger charge is -2.24. The molecule has 0 aliphatic carbocycles. The van der Waals surface area contributed by atoms with Crippen molar-refractivity contribution in [2.75, 3.05) is 7.05 Å². The van der Waals surface area contributed by atoms with Gasteiger partial charge in [0.1, 0.15) is 0 Å². The maximum atomic E-state index is 12.2. The molecule has 1 aromatic carbocycles. The lowest BCUT2D eigenvalue weighted by molar-refractivity contribution is 0.461. The zero-order valence-corrected chi connectivity index (χ0v) is 14.3. The van der Waals surface area contributed by atoms with Crippen molar-refractivity contribution in [3.05, 3.63) is 31.1 Å². The van der Waals surface area contributed by atoms with Gasteiger partial charge in [-0.1, -0.05) is 0 Å². The molecule has 1 atom stereocenters. The van der Waals surface area contributed by atoms with Crippen LogP contribution in [0.25, 0.3) is 11.0 Å². The number of rotatable bonds is 1. The van der Waals surface area contributed by atoms with Gasteiger partial charge >= 0.3 is 5.69 Å². The Balaban J connectivity index is 2.45. The summed E-state index contributed by atoms with van der Waals surface area (Å²) >= 11 is 10.5. The molecule has 0 bridgehead atoms. The van der Waals surface area contributed by atoms with Crippen LogP contribution in [0.3, 0.4) is 0 Å². The van der Waals surface area contributed by atoms with Gasteiger partial charge in [0.15, 0.2) is 0 Å². The zero-order chi connectivity index (χ0) is 13.0. The van der Waals surface area contributed by atoms with Gasteiger partial charge in [-0.15, -0.1) is 0 Å². The molecule has 7 heteroatoms. The predicted molar refractivity (Wildman–Crippen MR) is 82.5 cm³/mol. The Morgan fingerprint density at radius 3 is 2.83 bits per heavy atom. The second-order valence-electron chi connectivity index (χ2n) is 4.38. The Morgan fingerprint density at radius 2 is 2.17 bits per heavy atom. The molecule has 0 saturated heterocycles. The van der Waals surface area contributed by atoms with Gasteiger partial charge in [0.2, 0.25) is 0 Å². The van der Waals surface area contributed by atoms with Gasteiger partial charge in [-0.25, -0.2) is 8.39 Å². The van der Waals surface area contributed by atoms with E-state index in [1.165, 1.54) is 9.16 Å². The molecule has 0 unspecified atom stereocenters. The number of hydrogen-bond acceptors (Lipinski definition) is 2. The van der Waals surface area contributed by atoms with E-state index in [1.54, 1.807) is 0 Å². The molecular formula is C11H10Br3N3O. The third-order valence-corrected chi connectivity index (χ3v) is 6.16. The average Bonchev–Trinajstić information content (AvgIpc) is 2.61. The quantitative estimate of drug-likeness (QED) is 0.742. The van der Waals surface area contributed by atoms with Crippen molar-refractivity contribution in [2.24, 2.45) is 0 Å². The molecule has 1 aliphatic heterocycles. The molecule has 3 rings (SSSR count). The van der Waals surface area contributed by atoms with Crippen LogP contribution in [-0.2, 0) is 13.0 Å². The fraction of sp³-hybridized carbons (Fsp3) is 0.364. The first kappa shape index (κ1) is 12.9. The second-order valence-corrected chi connectivity index (χ2v) is 6.74. The number of imidazole rings is 1. The van der Waals surface area contributed by atoms with Gasteiger partial charge in [0, 0.05) is 21.5 Å². The Labute approximate surface area is 129 Å². The highest BCUT2D eigenvalue weighted by Crippen LogP contribution is 2.36. The summed E-state index contributed by atoms with van der Waals surface area (Å²) in [6, 6.07) is 2.23. The van der Waals surface area contributed by atoms with Crippen molar-refractivity contribution in [3.8, 4) is 0 Å². The predicted octanol–water partition coefficient (Wildman–Crippen LogP) is 2.63. The summed E-state index contributed by atoms with van der Waals surface area (Å²) in [5, 5.41) is 3.25. The average molecular weight is 440 g/mol. The van der Waals surface area contributed by atoms with E-state index in [0.29, 0.717) is 6.54 Å².